The minimum atomic E-state index is 0.843. The van der Waals surface area contributed by atoms with Crippen molar-refractivity contribution in [2.24, 2.45) is 11.8 Å². The minimum absolute atomic E-state index is 0.843. The molecule has 16 heavy (non-hydrogen) atoms. The van der Waals surface area contributed by atoms with Crippen LogP contribution in [0.1, 0.15) is 25.8 Å². The Hall–Kier alpha value is -0.340. The molecule has 0 saturated carbocycles. The average molecular weight is 282 g/mol. The third-order valence-electron chi connectivity index (χ3n) is 3.24. The van der Waals surface area contributed by atoms with E-state index in [0.29, 0.717) is 0 Å². The van der Waals surface area contributed by atoms with Crippen molar-refractivity contribution in [3.63, 3.8) is 0 Å². The third kappa shape index (κ3) is 3.33. The Labute approximate surface area is 107 Å². The van der Waals surface area contributed by atoms with Crippen LogP contribution in [0.5, 0.6) is 0 Å². The number of hydrogen-bond donors (Lipinski definition) is 0. The van der Waals surface area contributed by atoms with E-state index in [2.05, 4.69) is 58.9 Å². The van der Waals surface area contributed by atoms with Gasteiger partial charge >= 0.3 is 0 Å². The molecule has 0 aromatic heterocycles. The Kier molecular flexibility index (Phi) is 4.04. The fourth-order valence-corrected chi connectivity index (χ4v) is 3.26. The van der Waals surface area contributed by atoms with Crippen molar-refractivity contribution >= 4 is 15.9 Å². The summed E-state index contributed by atoms with van der Waals surface area (Å²) in [6.45, 7) is 8.31. The first-order chi connectivity index (χ1) is 7.63. The SMILES string of the molecule is CC1CC(C)CN(Cc2cccc(Br)c2)C1. The predicted molar refractivity (Wildman–Crippen MR) is 72.4 cm³/mol. The van der Waals surface area contributed by atoms with Crippen LogP contribution in [0.4, 0.5) is 0 Å². The lowest BCUT2D eigenvalue weighted by Gasteiger charge is -2.35. The Bertz CT molecular complexity index is 340. The number of nitrogens with zero attached hydrogens (tertiary/aromatic N) is 1. The molecular weight excluding hydrogens is 262 g/mol. The van der Waals surface area contributed by atoms with Crippen LogP contribution in [0.2, 0.25) is 0 Å². The third-order valence-corrected chi connectivity index (χ3v) is 3.73. The van der Waals surface area contributed by atoms with Gasteiger partial charge in [0.25, 0.3) is 0 Å². The molecular formula is C14H20BrN. The van der Waals surface area contributed by atoms with E-state index >= 15 is 0 Å². The number of likely N-dealkylation sites (tertiary alicyclic amines) is 1. The molecule has 0 spiro atoms. The van der Waals surface area contributed by atoms with Crippen molar-refractivity contribution in [2.75, 3.05) is 13.1 Å². The van der Waals surface area contributed by atoms with E-state index < -0.39 is 0 Å². The first kappa shape index (κ1) is 12.1. The van der Waals surface area contributed by atoms with E-state index in [0.717, 1.165) is 18.4 Å². The van der Waals surface area contributed by atoms with Gasteiger partial charge in [-0.3, -0.25) is 4.90 Å². The van der Waals surface area contributed by atoms with Crippen molar-refractivity contribution in [1.82, 2.24) is 4.90 Å². The molecule has 1 heterocycles. The van der Waals surface area contributed by atoms with Crippen molar-refractivity contribution in [2.45, 2.75) is 26.8 Å². The number of benzene rings is 1. The molecule has 1 nitrogen and oxygen atoms in total. The van der Waals surface area contributed by atoms with Crippen LogP contribution in [0.15, 0.2) is 28.7 Å². The number of rotatable bonds is 2. The molecule has 0 radical (unpaired) electrons. The lowest BCUT2D eigenvalue weighted by Crippen LogP contribution is -2.38. The van der Waals surface area contributed by atoms with Crippen LogP contribution in [-0.4, -0.2) is 18.0 Å². The summed E-state index contributed by atoms with van der Waals surface area (Å²) in [4.78, 5) is 2.58. The predicted octanol–water partition coefficient (Wildman–Crippen LogP) is 3.93. The Balaban J connectivity index is 1.98. The van der Waals surface area contributed by atoms with Crippen LogP contribution in [0.25, 0.3) is 0 Å². The van der Waals surface area contributed by atoms with Crippen molar-refractivity contribution < 1.29 is 0 Å². The maximum atomic E-state index is 3.53. The highest BCUT2D eigenvalue weighted by molar-refractivity contribution is 9.10. The van der Waals surface area contributed by atoms with Crippen LogP contribution >= 0.6 is 15.9 Å². The second kappa shape index (κ2) is 5.33. The Morgan fingerprint density at radius 3 is 2.56 bits per heavy atom. The van der Waals surface area contributed by atoms with Gasteiger partial charge in [-0.2, -0.15) is 0 Å². The second-order valence-electron chi connectivity index (χ2n) is 5.27. The molecule has 1 saturated heterocycles. The standard InChI is InChI=1S/C14H20BrN/c1-11-6-12(2)9-16(8-11)10-13-4-3-5-14(15)7-13/h3-5,7,11-12H,6,8-10H2,1-2H3. The summed E-state index contributed by atoms with van der Waals surface area (Å²) in [6.07, 6.45) is 1.38. The van der Waals surface area contributed by atoms with E-state index in [4.69, 9.17) is 0 Å². The molecule has 0 amide bonds. The van der Waals surface area contributed by atoms with Gasteiger partial charge in [0.05, 0.1) is 0 Å². The quantitative estimate of drug-likeness (QED) is 0.794. The number of hydrogen-bond acceptors (Lipinski definition) is 1. The summed E-state index contributed by atoms with van der Waals surface area (Å²) in [5.41, 5.74) is 1.41. The van der Waals surface area contributed by atoms with E-state index in [1.54, 1.807) is 0 Å². The van der Waals surface area contributed by atoms with Gasteiger partial charge in [-0.25, -0.2) is 0 Å². The van der Waals surface area contributed by atoms with Gasteiger partial charge in [-0.1, -0.05) is 41.9 Å². The molecule has 1 fully saturated rings. The maximum Gasteiger partial charge on any atom is 0.0234 e. The Morgan fingerprint density at radius 1 is 1.25 bits per heavy atom. The topological polar surface area (TPSA) is 3.24 Å². The van der Waals surface area contributed by atoms with Crippen LogP contribution < -0.4 is 0 Å². The zero-order valence-corrected chi connectivity index (χ0v) is 11.7. The highest BCUT2D eigenvalue weighted by Gasteiger charge is 2.21. The second-order valence-corrected chi connectivity index (χ2v) is 6.19. The maximum absolute atomic E-state index is 3.53. The molecule has 1 aliphatic rings. The van der Waals surface area contributed by atoms with Crippen molar-refractivity contribution in [3.05, 3.63) is 34.3 Å². The molecule has 1 aromatic carbocycles. The lowest BCUT2D eigenvalue weighted by atomic mass is 9.91. The number of piperidine rings is 1. The van der Waals surface area contributed by atoms with Crippen molar-refractivity contribution in [1.29, 1.82) is 0 Å². The van der Waals surface area contributed by atoms with Crippen LogP contribution in [-0.2, 0) is 6.54 Å². The van der Waals surface area contributed by atoms with Gasteiger partial charge in [0.1, 0.15) is 0 Å². The highest BCUT2D eigenvalue weighted by atomic mass is 79.9. The van der Waals surface area contributed by atoms with Gasteiger partial charge in [0, 0.05) is 24.1 Å². The van der Waals surface area contributed by atoms with Gasteiger partial charge in [0.2, 0.25) is 0 Å². The first-order valence-electron chi connectivity index (χ1n) is 6.10. The molecule has 0 aliphatic carbocycles. The normalized spacial score (nSPS) is 26.9. The summed E-state index contributed by atoms with van der Waals surface area (Å²) >= 11 is 3.53. The van der Waals surface area contributed by atoms with E-state index in [1.807, 2.05) is 0 Å². The minimum Gasteiger partial charge on any atom is -0.299 e. The Morgan fingerprint density at radius 2 is 1.94 bits per heavy atom. The molecule has 0 bridgehead atoms. The van der Waals surface area contributed by atoms with E-state index in [9.17, 15) is 0 Å². The summed E-state index contributed by atoms with van der Waals surface area (Å²) in [5, 5.41) is 0. The smallest absolute Gasteiger partial charge is 0.0234 e. The number of halogens is 1. The highest BCUT2D eigenvalue weighted by Crippen LogP contribution is 2.23. The molecule has 2 heteroatoms. The summed E-state index contributed by atoms with van der Waals surface area (Å²) < 4.78 is 1.18. The fraction of sp³-hybridized carbons (Fsp3) is 0.571. The summed E-state index contributed by atoms with van der Waals surface area (Å²) in [5.74, 6) is 1.69. The van der Waals surface area contributed by atoms with E-state index in [1.165, 1.54) is 29.5 Å². The molecule has 1 aliphatic heterocycles. The van der Waals surface area contributed by atoms with Crippen LogP contribution in [0.3, 0.4) is 0 Å². The molecule has 88 valence electrons. The lowest BCUT2D eigenvalue weighted by molar-refractivity contribution is 0.134. The van der Waals surface area contributed by atoms with Gasteiger partial charge < -0.3 is 0 Å². The van der Waals surface area contributed by atoms with Gasteiger partial charge in [0.15, 0.2) is 0 Å². The first-order valence-corrected chi connectivity index (χ1v) is 6.89. The average Bonchev–Trinajstić information content (AvgIpc) is 2.15. The monoisotopic (exact) mass is 281 g/mol. The summed E-state index contributed by atoms with van der Waals surface area (Å²) in [6, 6.07) is 8.65. The van der Waals surface area contributed by atoms with E-state index in [-0.39, 0.29) is 0 Å². The molecule has 2 rings (SSSR count). The van der Waals surface area contributed by atoms with Gasteiger partial charge in [-0.15, -0.1) is 0 Å². The van der Waals surface area contributed by atoms with Crippen LogP contribution in [0, 0.1) is 11.8 Å². The fourth-order valence-electron chi connectivity index (χ4n) is 2.81. The van der Waals surface area contributed by atoms with Crippen molar-refractivity contribution in [3.8, 4) is 0 Å². The molecule has 2 atom stereocenters. The zero-order chi connectivity index (χ0) is 11.5. The van der Waals surface area contributed by atoms with Gasteiger partial charge in [-0.05, 0) is 36.0 Å². The molecule has 2 unspecified atom stereocenters. The zero-order valence-electron chi connectivity index (χ0n) is 10.1. The largest absolute Gasteiger partial charge is 0.299 e. The molecule has 0 N–H and O–H groups in total. The molecule has 1 aromatic rings. The summed E-state index contributed by atoms with van der Waals surface area (Å²) in [7, 11) is 0.